The van der Waals surface area contributed by atoms with E-state index >= 15 is 0 Å². The minimum atomic E-state index is -4.79. The molecule has 0 aliphatic rings. The summed E-state index contributed by atoms with van der Waals surface area (Å²) in [4.78, 5) is 21.0. The molecule has 0 saturated carbocycles. The molecular formula is C11H10F3NO3. The van der Waals surface area contributed by atoms with Crippen molar-refractivity contribution in [3.05, 3.63) is 38.9 Å². The topological polar surface area (TPSA) is 60.2 Å². The largest absolute Gasteiger partial charge is 0.417 e. The van der Waals surface area contributed by atoms with Crippen LogP contribution in [0.3, 0.4) is 0 Å². The number of alkyl halides is 3. The van der Waals surface area contributed by atoms with Crippen molar-refractivity contribution in [1.29, 1.82) is 0 Å². The first kappa shape index (κ1) is 14.1. The number of rotatable bonds is 3. The highest BCUT2D eigenvalue weighted by atomic mass is 19.4. The van der Waals surface area contributed by atoms with Crippen LogP contribution in [0.5, 0.6) is 0 Å². The standard InChI is InChI=1S/C11H10F3NO3/c1-3-7-4-8(15(17)18)5-9(11(12,13)14)10(7)6(2)16/h4-5H,3H2,1-2H3. The summed E-state index contributed by atoms with van der Waals surface area (Å²) in [5.74, 6) is -0.755. The van der Waals surface area contributed by atoms with E-state index in [9.17, 15) is 28.1 Å². The van der Waals surface area contributed by atoms with E-state index < -0.39 is 33.7 Å². The number of hydrogen-bond donors (Lipinski definition) is 0. The smallest absolute Gasteiger partial charge is 0.294 e. The molecule has 0 atom stereocenters. The molecule has 0 aliphatic heterocycles. The highest BCUT2D eigenvalue weighted by Gasteiger charge is 2.37. The lowest BCUT2D eigenvalue weighted by molar-refractivity contribution is -0.385. The Kier molecular flexibility index (Phi) is 3.73. The van der Waals surface area contributed by atoms with Crippen molar-refractivity contribution in [3.63, 3.8) is 0 Å². The molecule has 0 N–H and O–H groups in total. The van der Waals surface area contributed by atoms with Gasteiger partial charge in [-0.1, -0.05) is 6.92 Å². The molecular weight excluding hydrogens is 251 g/mol. The molecule has 0 saturated heterocycles. The predicted molar refractivity (Wildman–Crippen MR) is 57.5 cm³/mol. The van der Waals surface area contributed by atoms with Crippen LogP contribution in [0.2, 0.25) is 0 Å². The van der Waals surface area contributed by atoms with Crippen LogP contribution in [0.1, 0.15) is 35.3 Å². The summed E-state index contributed by atoms with van der Waals surface area (Å²) in [6.45, 7) is 2.54. The van der Waals surface area contributed by atoms with E-state index in [1.54, 1.807) is 0 Å². The van der Waals surface area contributed by atoms with Gasteiger partial charge in [-0.05, 0) is 18.9 Å². The maximum Gasteiger partial charge on any atom is 0.417 e. The molecule has 0 aromatic heterocycles. The second-order valence-electron chi connectivity index (χ2n) is 3.69. The Labute approximate surface area is 101 Å². The second-order valence-corrected chi connectivity index (χ2v) is 3.69. The Morgan fingerprint density at radius 3 is 2.28 bits per heavy atom. The number of carbonyl (C=O) groups is 1. The SMILES string of the molecule is CCc1cc([N+](=O)[O-])cc(C(F)(F)F)c1C(C)=O. The van der Waals surface area contributed by atoms with E-state index in [2.05, 4.69) is 0 Å². The van der Waals surface area contributed by atoms with Crippen molar-refractivity contribution in [2.45, 2.75) is 26.4 Å². The number of nitro benzene ring substituents is 1. The van der Waals surface area contributed by atoms with Gasteiger partial charge in [0.05, 0.1) is 10.5 Å². The maximum absolute atomic E-state index is 12.8. The van der Waals surface area contributed by atoms with E-state index in [0.29, 0.717) is 6.07 Å². The zero-order valence-electron chi connectivity index (χ0n) is 9.67. The lowest BCUT2D eigenvalue weighted by Gasteiger charge is -2.14. The van der Waals surface area contributed by atoms with Crippen molar-refractivity contribution in [1.82, 2.24) is 0 Å². The summed E-state index contributed by atoms with van der Waals surface area (Å²) in [7, 11) is 0. The molecule has 98 valence electrons. The summed E-state index contributed by atoms with van der Waals surface area (Å²) in [5.41, 5.74) is -2.37. The highest BCUT2D eigenvalue weighted by molar-refractivity contribution is 5.97. The Morgan fingerprint density at radius 1 is 1.39 bits per heavy atom. The Hall–Kier alpha value is -1.92. The maximum atomic E-state index is 12.8. The third-order valence-electron chi connectivity index (χ3n) is 2.45. The molecule has 1 aromatic rings. The van der Waals surface area contributed by atoms with E-state index in [0.717, 1.165) is 13.0 Å². The molecule has 0 heterocycles. The minimum absolute atomic E-state index is 0.0315. The molecule has 0 amide bonds. The van der Waals surface area contributed by atoms with Crippen molar-refractivity contribution < 1.29 is 22.9 Å². The summed E-state index contributed by atoms with van der Waals surface area (Å²) in [6.07, 6.45) is -4.68. The molecule has 1 rings (SSSR count). The van der Waals surface area contributed by atoms with Gasteiger partial charge in [0.15, 0.2) is 5.78 Å². The number of nitro groups is 1. The first-order valence-electron chi connectivity index (χ1n) is 5.08. The summed E-state index contributed by atoms with van der Waals surface area (Å²) >= 11 is 0. The van der Waals surface area contributed by atoms with Crippen LogP contribution < -0.4 is 0 Å². The van der Waals surface area contributed by atoms with Crippen LogP contribution in [0.25, 0.3) is 0 Å². The van der Waals surface area contributed by atoms with Crippen molar-refractivity contribution in [3.8, 4) is 0 Å². The fourth-order valence-corrected chi connectivity index (χ4v) is 1.71. The first-order chi connectivity index (χ1) is 8.18. The third-order valence-corrected chi connectivity index (χ3v) is 2.45. The quantitative estimate of drug-likeness (QED) is 0.476. The number of carbonyl (C=O) groups excluding carboxylic acids is 1. The number of nitrogens with zero attached hydrogens (tertiary/aromatic N) is 1. The van der Waals surface area contributed by atoms with Gasteiger partial charge in [-0.25, -0.2) is 0 Å². The Morgan fingerprint density at radius 2 is 1.94 bits per heavy atom. The van der Waals surface area contributed by atoms with Gasteiger partial charge in [0, 0.05) is 17.7 Å². The lowest BCUT2D eigenvalue weighted by Crippen LogP contribution is -2.15. The van der Waals surface area contributed by atoms with Crippen LogP contribution in [-0.2, 0) is 12.6 Å². The van der Waals surface area contributed by atoms with E-state index in [-0.39, 0.29) is 12.0 Å². The Bertz CT molecular complexity index is 509. The average molecular weight is 261 g/mol. The molecule has 0 aliphatic carbocycles. The first-order valence-corrected chi connectivity index (χ1v) is 5.08. The monoisotopic (exact) mass is 261 g/mol. The number of benzene rings is 1. The number of hydrogen-bond acceptors (Lipinski definition) is 3. The number of aryl methyl sites for hydroxylation is 1. The molecule has 18 heavy (non-hydrogen) atoms. The normalized spacial score (nSPS) is 11.4. The highest BCUT2D eigenvalue weighted by Crippen LogP contribution is 2.36. The van der Waals surface area contributed by atoms with Gasteiger partial charge < -0.3 is 0 Å². The van der Waals surface area contributed by atoms with Gasteiger partial charge >= 0.3 is 6.18 Å². The van der Waals surface area contributed by atoms with Crippen molar-refractivity contribution in [2.24, 2.45) is 0 Å². The van der Waals surface area contributed by atoms with Gasteiger partial charge in [0.1, 0.15) is 0 Å². The Balaban J connectivity index is 3.68. The van der Waals surface area contributed by atoms with Crippen LogP contribution in [0.15, 0.2) is 12.1 Å². The molecule has 0 spiro atoms. The van der Waals surface area contributed by atoms with E-state index in [1.165, 1.54) is 6.92 Å². The van der Waals surface area contributed by atoms with Gasteiger partial charge in [0.2, 0.25) is 0 Å². The lowest BCUT2D eigenvalue weighted by atomic mass is 9.95. The number of ketones is 1. The van der Waals surface area contributed by atoms with Crippen LogP contribution in [0, 0.1) is 10.1 Å². The summed E-state index contributed by atoms with van der Waals surface area (Å²) < 4.78 is 38.4. The van der Waals surface area contributed by atoms with Gasteiger partial charge in [0.25, 0.3) is 5.69 Å². The number of Topliss-reactive ketones (excluding diaryl/α,β-unsaturated/α-hetero) is 1. The molecule has 7 heteroatoms. The fraction of sp³-hybridized carbons (Fsp3) is 0.364. The molecule has 0 unspecified atom stereocenters. The third kappa shape index (κ3) is 2.66. The molecule has 1 aromatic carbocycles. The summed E-state index contributed by atoms with van der Waals surface area (Å²) in [5, 5.41) is 10.6. The van der Waals surface area contributed by atoms with Gasteiger partial charge in [-0.2, -0.15) is 13.2 Å². The van der Waals surface area contributed by atoms with Crippen molar-refractivity contribution in [2.75, 3.05) is 0 Å². The minimum Gasteiger partial charge on any atom is -0.294 e. The van der Waals surface area contributed by atoms with E-state index in [4.69, 9.17) is 0 Å². The van der Waals surface area contributed by atoms with Gasteiger partial charge in [-0.3, -0.25) is 14.9 Å². The molecule has 4 nitrogen and oxygen atoms in total. The molecule has 0 bridgehead atoms. The van der Waals surface area contributed by atoms with E-state index in [1.807, 2.05) is 0 Å². The average Bonchev–Trinajstić information content (AvgIpc) is 2.25. The fourth-order valence-electron chi connectivity index (χ4n) is 1.71. The molecule has 0 fully saturated rings. The van der Waals surface area contributed by atoms with Crippen LogP contribution >= 0.6 is 0 Å². The summed E-state index contributed by atoms with van der Waals surface area (Å²) in [6, 6.07) is 1.40. The second kappa shape index (κ2) is 4.75. The molecule has 0 radical (unpaired) electrons. The predicted octanol–water partition coefficient (Wildman–Crippen LogP) is 3.38. The van der Waals surface area contributed by atoms with Crippen molar-refractivity contribution >= 4 is 11.5 Å². The zero-order valence-corrected chi connectivity index (χ0v) is 9.67. The number of non-ortho nitro benzene ring substituents is 1. The number of halogens is 3. The van der Waals surface area contributed by atoms with Gasteiger partial charge in [-0.15, -0.1) is 0 Å². The van der Waals surface area contributed by atoms with Crippen LogP contribution in [0.4, 0.5) is 18.9 Å². The zero-order chi connectivity index (χ0) is 14.1. The van der Waals surface area contributed by atoms with Crippen LogP contribution in [-0.4, -0.2) is 10.7 Å².